The van der Waals surface area contributed by atoms with Crippen molar-refractivity contribution in [2.45, 2.75) is 103 Å². The molecule has 0 aliphatic carbocycles. The zero-order valence-electron chi connectivity index (χ0n) is 19.4. The molecule has 30 heavy (non-hydrogen) atoms. The summed E-state index contributed by atoms with van der Waals surface area (Å²) in [6.07, 6.45) is 20.2. The van der Waals surface area contributed by atoms with E-state index in [-0.39, 0.29) is 59.1 Å². The number of alkyl halides is 4. The van der Waals surface area contributed by atoms with Gasteiger partial charge < -0.3 is 15.0 Å². The van der Waals surface area contributed by atoms with Crippen LogP contribution in [0, 0.1) is 0 Å². The molecule has 0 spiro atoms. The van der Waals surface area contributed by atoms with Crippen LogP contribution < -0.4 is 69.3 Å². The van der Waals surface area contributed by atoms with E-state index in [2.05, 4.69) is 63.7 Å². The molecule has 0 N–H and O–H groups in total. The SMILES string of the molecule is BrCCCCCCCCCCBr.BrCCCCCCCCCCBr.O=C([O-])[O-].[Na+].[Na+]. The molecule has 9 heteroatoms. The van der Waals surface area contributed by atoms with Gasteiger partial charge in [-0.1, -0.05) is 141 Å². The number of halogens is 4. The van der Waals surface area contributed by atoms with E-state index in [1.165, 1.54) is 124 Å². The van der Waals surface area contributed by atoms with Crippen LogP contribution in [0.5, 0.6) is 0 Å². The molecule has 172 valence electrons. The van der Waals surface area contributed by atoms with Crippen molar-refractivity contribution < 1.29 is 74.1 Å². The predicted molar refractivity (Wildman–Crippen MR) is 134 cm³/mol. The number of unbranched alkanes of at least 4 members (excludes halogenated alkanes) is 14. The van der Waals surface area contributed by atoms with Crippen LogP contribution in [-0.2, 0) is 0 Å². The van der Waals surface area contributed by atoms with E-state index in [1.807, 2.05) is 0 Å². The molecule has 0 saturated carbocycles. The van der Waals surface area contributed by atoms with Gasteiger partial charge in [0.1, 0.15) is 0 Å². The Morgan fingerprint density at radius 1 is 0.400 bits per heavy atom. The first-order valence-electron chi connectivity index (χ1n) is 10.7. The van der Waals surface area contributed by atoms with Gasteiger partial charge in [-0.25, -0.2) is 0 Å². The van der Waals surface area contributed by atoms with Crippen LogP contribution in [0.25, 0.3) is 0 Å². The molecule has 0 aliphatic rings. The van der Waals surface area contributed by atoms with Crippen molar-refractivity contribution in [2.75, 3.05) is 21.3 Å². The third-order valence-electron chi connectivity index (χ3n) is 4.03. The Balaban J connectivity index is -0.000000111. The Hall–Kier alpha value is 3.19. The summed E-state index contributed by atoms with van der Waals surface area (Å²) in [6.45, 7) is 0. The third-order valence-corrected chi connectivity index (χ3v) is 6.28. The van der Waals surface area contributed by atoms with E-state index in [0.717, 1.165) is 0 Å². The van der Waals surface area contributed by atoms with Crippen molar-refractivity contribution in [3.63, 3.8) is 0 Å². The van der Waals surface area contributed by atoms with Crippen LogP contribution in [0.15, 0.2) is 0 Å². The van der Waals surface area contributed by atoms with Crippen molar-refractivity contribution in [3.05, 3.63) is 0 Å². The van der Waals surface area contributed by atoms with E-state index in [1.54, 1.807) is 0 Å². The number of carbonyl (C=O) groups is 1. The minimum Gasteiger partial charge on any atom is -0.652 e. The van der Waals surface area contributed by atoms with Gasteiger partial charge in [0.25, 0.3) is 0 Å². The quantitative estimate of drug-likeness (QED) is 0.123. The van der Waals surface area contributed by atoms with Gasteiger partial charge in [-0.15, -0.1) is 0 Å². The molecule has 0 amide bonds. The Morgan fingerprint density at radius 2 is 0.500 bits per heavy atom. The monoisotopic (exact) mass is 702 g/mol. The summed E-state index contributed by atoms with van der Waals surface area (Å²) < 4.78 is 0. The van der Waals surface area contributed by atoms with Gasteiger partial charge in [0.15, 0.2) is 0 Å². The van der Waals surface area contributed by atoms with Crippen LogP contribution in [0.2, 0.25) is 0 Å². The molecule has 3 nitrogen and oxygen atoms in total. The molecule has 0 fully saturated rings. The van der Waals surface area contributed by atoms with Gasteiger partial charge in [0.05, 0.1) is 0 Å². The molecule has 0 saturated heterocycles. The molecule has 0 aromatic carbocycles. The summed E-state index contributed by atoms with van der Waals surface area (Å²) >= 11 is 13.8. The van der Waals surface area contributed by atoms with E-state index >= 15 is 0 Å². The molecular weight excluding hydrogens is 666 g/mol. The summed E-state index contributed by atoms with van der Waals surface area (Å²) in [6, 6.07) is 0. The first kappa shape index (κ1) is 43.3. The van der Waals surface area contributed by atoms with E-state index < -0.39 is 6.16 Å². The van der Waals surface area contributed by atoms with Gasteiger partial charge in [0.2, 0.25) is 0 Å². The van der Waals surface area contributed by atoms with E-state index in [0.29, 0.717) is 0 Å². The minimum absolute atomic E-state index is 0. The van der Waals surface area contributed by atoms with Gasteiger partial charge in [0, 0.05) is 21.3 Å². The number of hydrogen-bond donors (Lipinski definition) is 0. The zero-order chi connectivity index (χ0) is 21.7. The third kappa shape index (κ3) is 63.3. The zero-order valence-corrected chi connectivity index (χ0v) is 29.7. The molecule has 0 rings (SSSR count). The maximum Gasteiger partial charge on any atom is 1.00 e. The fourth-order valence-electron chi connectivity index (χ4n) is 2.50. The van der Waals surface area contributed by atoms with E-state index in [9.17, 15) is 0 Å². The van der Waals surface area contributed by atoms with Crippen LogP contribution >= 0.6 is 63.7 Å². The van der Waals surface area contributed by atoms with Crippen molar-refractivity contribution in [3.8, 4) is 0 Å². The normalized spacial score (nSPS) is 9.20. The van der Waals surface area contributed by atoms with Crippen LogP contribution in [0.4, 0.5) is 4.79 Å². The second-order valence-electron chi connectivity index (χ2n) is 6.66. The molecule has 0 heterocycles. The molecule has 0 unspecified atom stereocenters. The van der Waals surface area contributed by atoms with Crippen LogP contribution in [0.1, 0.15) is 103 Å². The number of carbonyl (C=O) groups excluding carboxylic acids is 1. The average Bonchev–Trinajstić information content (AvgIpc) is 2.66. The Morgan fingerprint density at radius 3 is 0.600 bits per heavy atom. The van der Waals surface area contributed by atoms with Crippen molar-refractivity contribution >= 4 is 69.9 Å². The molecule has 0 aliphatic heterocycles. The summed E-state index contributed by atoms with van der Waals surface area (Å²) in [5.74, 6) is 0. The molecular formula is C21H40Br4Na2O3. The van der Waals surface area contributed by atoms with Crippen LogP contribution in [0.3, 0.4) is 0 Å². The van der Waals surface area contributed by atoms with Crippen molar-refractivity contribution in [1.29, 1.82) is 0 Å². The first-order valence-corrected chi connectivity index (χ1v) is 15.2. The Kier molecular flexibility index (Phi) is 65.9. The van der Waals surface area contributed by atoms with Crippen LogP contribution in [-0.4, -0.2) is 27.5 Å². The maximum atomic E-state index is 8.33. The topological polar surface area (TPSA) is 63.2 Å². The summed E-state index contributed by atoms with van der Waals surface area (Å²) in [5, 5.41) is 21.4. The minimum atomic E-state index is -2.33. The van der Waals surface area contributed by atoms with Gasteiger partial charge in [-0.3, -0.25) is 0 Å². The molecule has 0 aromatic heterocycles. The fraction of sp³-hybridized carbons (Fsp3) is 0.952. The van der Waals surface area contributed by atoms with Crippen molar-refractivity contribution in [2.24, 2.45) is 0 Å². The summed E-state index contributed by atoms with van der Waals surface area (Å²) in [4.78, 5) is 8.33. The molecule has 0 aromatic rings. The standard InChI is InChI=1S/2C10H20Br2.CH2O3.2Na/c2*11-9-7-5-3-1-2-4-6-8-10-12;2-1(3)4;;/h2*1-10H2;(H2,2,3,4);;/q;;;2*+1/p-2. The summed E-state index contributed by atoms with van der Waals surface area (Å²) in [5.41, 5.74) is 0. The fourth-order valence-corrected chi connectivity index (χ4v) is 4.09. The van der Waals surface area contributed by atoms with Gasteiger partial charge >= 0.3 is 59.1 Å². The Bertz CT molecular complexity index is 237. The largest absolute Gasteiger partial charge is 1.00 e. The average molecular weight is 706 g/mol. The maximum absolute atomic E-state index is 8.33. The number of hydrogen-bond acceptors (Lipinski definition) is 3. The van der Waals surface area contributed by atoms with Gasteiger partial charge in [-0.2, -0.15) is 0 Å². The summed E-state index contributed by atoms with van der Waals surface area (Å²) in [7, 11) is 0. The Labute approximate surface area is 264 Å². The second-order valence-corrected chi connectivity index (χ2v) is 9.83. The number of carboxylic acid groups (broad SMARTS) is 2. The first-order chi connectivity index (χ1) is 13.6. The number of rotatable bonds is 18. The second kappa shape index (κ2) is 45.7. The van der Waals surface area contributed by atoms with E-state index in [4.69, 9.17) is 15.0 Å². The molecule has 0 atom stereocenters. The molecule has 0 radical (unpaired) electrons. The molecule has 0 bridgehead atoms. The smallest absolute Gasteiger partial charge is 0.652 e. The van der Waals surface area contributed by atoms with Gasteiger partial charge in [-0.05, 0) is 31.8 Å². The predicted octanol–water partition coefficient (Wildman–Crippen LogP) is 1.36. The van der Waals surface area contributed by atoms with Crippen molar-refractivity contribution in [1.82, 2.24) is 0 Å².